The summed E-state index contributed by atoms with van der Waals surface area (Å²) in [6.07, 6.45) is 0. The molecule has 0 bridgehead atoms. The summed E-state index contributed by atoms with van der Waals surface area (Å²) in [6.45, 7) is 0. The van der Waals surface area contributed by atoms with Gasteiger partial charge in [0.25, 0.3) is 0 Å². The van der Waals surface area contributed by atoms with Gasteiger partial charge in [-0.1, -0.05) is 0 Å². The standard InChI is InChI=1S/C7H7NOS2/c8-7(9)5-2-1-4(10)3-6(5)11/h1-3,10-11H,(H2,8,9). The molecule has 0 spiro atoms. The molecule has 0 saturated heterocycles. The Bertz CT molecular complexity index is 298. The number of hydrogen-bond acceptors (Lipinski definition) is 3. The Morgan fingerprint density at radius 1 is 1.36 bits per heavy atom. The number of amides is 1. The van der Waals surface area contributed by atoms with Crippen LogP contribution >= 0.6 is 25.3 Å². The Hall–Kier alpha value is -0.610. The lowest BCUT2D eigenvalue weighted by molar-refractivity contribution is 0.0997. The molecular formula is C7H7NOS2. The Labute approximate surface area is 75.6 Å². The maximum Gasteiger partial charge on any atom is 0.249 e. The topological polar surface area (TPSA) is 43.1 Å². The van der Waals surface area contributed by atoms with E-state index in [1.54, 1.807) is 18.2 Å². The predicted molar refractivity (Wildman–Crippen MR) is 49.5 cm³/mol. The smallest absolute Gasteiger partial charge is 0.249 e. The van der Waals surface area contributed by atoms with Crippen molar-refractivity contribution in [2.75, 3.05) is 0 Å². The molecule has 2 N–H and O–H groups in total. The first-order valence-corrected chi connectivity index (χ1v) is 3.82. The maximum atomic E-state index is 10.7. The minimum absolute atomic E-state index is 0.422. The minimum Gasteiger partial charge on any atom is -0.366 e. The highest BCUT2D eigenvalue weighted by Crippen LogP contribution is 2.17. The quantitative estimate of drug-likeness (QED) is 0.568. The minimum atomic E-state index is -0.469. The van der Waals surface area contributed by atoms with E-state index in [2.05, 4.69) is 25.3 Å². The SMILES string of the molecule is NC(=O)c1ccc(S)cc1S. The maximum absolute atomic E-state index is 10.7. The third-order valence-electron chi connectivity index (χ3n) is 1.25. The monoisotopic (exact) mass is 185 g/mol. The van der Waals surface area contributed by atoms with Crippen molar-refractivity contribution in [2.45, 2.75) is 9.79 Å². The summed E-state index contributed by atoms with van der Waals surface area (Å²) < 4.78 is 0. The number of benzene rings is 1. The van der Waals surface area contributed by atoms with Gasteiger partial charge in [0.1, 0.15) is 0 Å². The number of rotatable bonds is 1. The Kier molecular flexibility index (Phi) is 2.46. The van der Waals surface area contributed by atoms with Crippen molar-refractivity contribution < 1.29 is 4.79 Å². The van der Waals surface area contributed by atoms with Crippen LogP contribution in [0.1, 0.15) is 10.4 Å². The van der Waals surface area contributed by atoms with Crippen molar-refractivity contribution >= 4 is 31.2 Å². The fourth-order valence-electron chi connectivity index (χ4n) is 0.728. The molecule has 1 rings (SSSR count). The first-order valence-electron chi connectivity index (χ1n) is 2.93. The summed E-state index contributed by atoms with van der Waals surface area (Å²) in [4.78, 5) is 12.0. The van der Waals surface area contributed by atoms with Crippen LogP contribution < -0.4 is 5.73 Å². The molecule has 0 aliphatic rings. The summed E-state index contributed by atoms with van der Waals surface area (Å²) in [7, 11) is 0. The Morgan fingerprint density at radius 3 is 2.45 bits per heavy atom. The lowest BCUT2D eigenvalue weighted by Crippen LogP contribution is -2.11. The molecule has 1 aromatic rings. The molecule has 0 aliphatic carbocycles. The van der Waals surface area contributed by atoms with Crippen molar-refractivity contribution in [1.82, 2.24) is 0 Å². The largest absolute Gasteiger partial charge is 0.366 e. The number of hydrogen-bond donors (Lipinski definition) is 3. The molecule has 0 aromatic heterocycles. The molecule has 0 unspecified atom stereocenters. The Morgan fingerprint density at radius 2 is 2.00 bits per heavy atom. The van der Waals surface area contributed by atoms with Gasteiger partial charge in [-0.3, -0.25) is 4.79 Å². The third-order valence-corrected chi connectivity index (χ3v) is 1.89. The van der Waals surface area contributed by atoms with E-state index in [-0.39, 0.29) is 0 Å². The molecular weight excluding hydrogens is 178 g/mol. The van der Waals surface area contributed by atoms with E-state index in [9.17, 15) is 4.79 Å². The van der Waals surface area contributed by atoms with Gasteiger partial charge in [-0.15, -0.1) is 25.3 Å². The van der Waals surface area contributed by atoms with Gasteiger partial charge < -0.3 is 5.73 Å². The summed E-state index contributed by atoms with van der Waals surface area (Å²) >= 11 is 8.13. The zero-order valence-corrected chi connectivity index (χ0v) is 7.40. The molecule has 0 saturated carbocycles. The van der Waals surface area contributed by atoms with Gasteiger partial charge in [0.15, 0.2) is 0 Å². The lowest BCUT2D eigenvalue weighted by Gasteiger charge is -1.99. The third kappa shape index (κ3) is 1.91. The second-order valence-electron chi connectivity index (χ2n) is 2.07. The first-order chi connectivity index (χ1) is 5.11. The van der Waals surface area contributed by atoms with Gasteiger partial charge in [0, 0.05) is 9.79 Å². The molecule has 11 heavy (non-hydrogen) atoms. The van der Waals surface area contributed by atoms with Crippen LogP contribution in [0.15, 0.2) is 28.0 Å². The highest BCUT2D eigenvalue weighted by atomic mass is 32.1. The van der Waals surface area contributed by atoms with Crippen molar-refractivity contribution in [3.05, 3.63) is 23.8 Å². The molecule has 58 valence electrons. The lowest BCUT2D eigenvalue weighted by atomic mass is 10.2. The van der Waals surface area contributed by atoms with E-state index in [4.69, 9.17) is 5.73 Å². The molecule has 1 amide bonds. The van der Waals surface area contributed by atoms with E-state index in [0.29, 0.717) is 10.5 Å². The highest BCUT2D eigenvalue weighted by Gasteiger charge is 2.03. The van der Waals surface area contributed by atoms with Gasteiger partial charge in [-0.05, 0) is 18.2 Å². The molecule has 0 heterocycles. The van der Waals surface area contributed by atoms with Crippen LogP contribution in [0.5, 0.6) is 0 Å². The second kappa shape index (κ2) is 3.19. The van der Waals surface area contributed by atoms with E-state index < -0.39 is 5.91 Å². The molecule has 0 fully saturated rings. The molecule has 4 heteroatoms. The zero-order valence-electron chi connectivity index (χ0n) is 5.61. The number of carbonyl (C=O) groups excluding carboxylic acids is 1. The summed E-state index contributed by atoms with van der Waals surface area (Å²) in [6, 6.07) is 4.97. The van der Waals surface area contributed by atoms with Crippen molar-refractivity contribution in [2.24, 2.45) is 5.73 Å². The number of carbonyl (C=O) groups is 1. The number of nitrogens with two attached hydrogens (primary N) is 1. The summed E-state index contributed by atoms with van der Waals surface area (Å²) in [5.41, 5.74) is 5.47. The summed E-state index contributed by atoms with van der Waals surface area (Å²) in [5, 5.41) is 0. The van der Waals surface area contributed by atoms with E-state index in [0.717, 1.165) is 4.90 Å². The molecule has 0 atom stereocenters. The van der Waals surface area contributed by atoms with Gasteiger partial charge in [0.05, 0.1) is 5.56 Å². The van der Waals surface area contributed by atoms with Crippen LogP contribution in [-0.2, 0) is 0 Å². The van der Waals surface area contributed by atoms with Crippen LogP contribution in [0.2, 0.25) is 0 Å². The molecule has 0 aliphatic heterocycles. The van der Waals surface area contributed by atoms with Gasteiger partial charge in [0.2, 0.25) is 5.91 Å². The van der Waals surface area contributed by atoms with Crippen LogP contribution in [-0.4, -0.2) is 5.91 Å². The second-order valence-corrected chi connectivity index (χ2v) is 3.06. The van der Waals surface area contributed by atoms with E-state index in [1.807, 2.05) is 0 Å². The van der Waals surface area contributed by atoms with E-state index >= 15 is 0 Å². The van der Waals surface area contributed by atoms with Crippen LogP contribution in [0.4, 0.5) is 0 Å². The van der Waals surface area contributed by atoms with Gasteiger partial charge in [-0.2, -0.15) is 0 Å². The number of thiol groups is 2. The predicted octanol–water partition coefficient (Wildman–Crippen LogP) is 1.36. The van der Waals surface area contributed by atoms with Crippen LogP contribution in [0, 0.1) is 0 Å². The summed E-state index contributed by atoms with van der Waals surface area (Å²) in [5.74, 6) is -0.469. The fraction of sp³-hybridized carbons (Fsp3) is 0. The van der Waals surface area contributed by atoms with Crippen molar-refractivity contribution in [3.63, 3.8) is 0 Å². The van der Waals surface area contributed by atoms with Crippen molar-refractivity contribution in [1.29, 1.82) is 0 Å². The van der Waals surface area contributed by atoms with Gasteiger partial charge in [-0.25, -0.2) is 0 Å². The molecule has 1 aromatic carbocycles. The normalized spacial score (nSPS) is 9.64. The number of primary amides is 1. The zero-order chi connectivity index (χ0) is 8.43. The average Bonchev–Trinajstić information content (AvgIpc) is 1.85. The average molecular weight is 185 g/mol. The van der Waals surface area contributed by atoms with Crippen LogP contribution in [0.3, 0.4) is 0 Å². The molecule has 2 nitrogen and oxygen atoms in total. The highest BCUT2D eigenvalue weighted by molar-refractivity contribution is 7.81. The molecule has 0 radical (unpaired) electrons. The first kappa shape index (κ1) is 8.49. The van der Waals surface area contributed by atoms with Crippen molar-refractivity contribution in [3.8, 4) is 0 Å². The van der Waals surface area contributed by atoms with E-state index in [1.165, 1.54) is 0 Å². The Balaban J connectivity index is 3.20. The van der Waals surface area contributed by atoms with Crippen LogP contribution in [0.25, 0.3) is 0 Å². The van der Waals surface area contributed by atoms with Gasteiger partial charge >= 0.3 is 0 Å². The fourth-order valence-corrected chi connectivity index (χ4v) is 1.36.